The molecule has 3 nitrogen and oxygen atoms in total. The lowest BCUT2D eigenvalue weighted by Crippen LogP contribution is -2.07. The summed E-state index contributed by atoms with van der Waals surface area (Å²) in [6.45, 7) is 0. The number of carboxylic acids is 1. The molecule has 2 N–H and O–H groups in total. The predicted molar refractivity (Wildman–Crippen MR) is 58.8 cm³/mol. The van der Waals surface area contributed by atoms with Crippen molar-refractivity contribution < 1.29 is 15.0 Å². The Balaban J connectivity index is 2.13. The summed E-state index contributed by atoms with van der Waals surface area (Å²) in [6.07, 6.45) is 3.46. The molecular formula is C13H14O3. The Morgan fingerprint density at radius 2 is 1.94 bits per heavy atom. The van der Waals surface area contributed by atoms with Gasteiger partial charge in [0.15, 0.2) is 0 Å². The quantitative estimate of drug-likeness (QED) is 0.801. The van der Waals surface area contributed by atoms with Gasteiger partial charge in [-0.25, -0.2) is 0 Å². The molecule has 0 radical (unpaired) electrons. The number of rotatable bonds is 2. The first kappa shape index (κ1) is 9.70. The Hall–Kier alpha value is -1.51. The third-order valence-electron chi connectivity index (χ3n) is 3.95. The molecule has 3 heteroatoms. The maximum absolute atomic E-state index is 10.8. The summed E-state index contributed by atoms with van der Waals surface area (Å²) in [7, 11) is 0. The van der Waals surface area contributed by atoms with E-state index in [2.05, 4.69) is 0 Å². The number of hydrogen-bond acceptors (Lipinski definition) is 2. The number of hydrogen-bond donors (Lipinski definition) is 2. The maximum Gasteiger partial charge on any atom is 0.307 e. The average Bonchev–Trinajstić information content (AvgIpc) is 2.82. The zero-order chi connectivity index (χ0) is 11.3. The molecule has 1 saturated carbocycles. The van der Waals surface area contributed by atoms with Crippen LogP contribution in [0.4, 0.5) is 0 Å². The maximum atomic E-state index is 10.8. The minimum absolute atomic E-state index is 0.0752. The lowest BCUT2D eigenvalue weighted by molar-refractivity contribution is -0.136. The molecule has 0 spiro atoms. The highest BCUT2D eigenvalue weighted by molar-refractivity contribution is 5.72. The third-order valence-corrected chi connectivity index (χ3v) is 3.95. The van der Waals surface area contributed by atoms with E-state index in [1.54, 1.807) is 12.1 Å². The molecule has 1 aromatic carbocycles. The highest BCUT2D eigenvalue weighted by atomic mass is 16.4. The smallest absolute Gasteiger partial charge is 0.307 e. The second-order valence-corrected chi connectivity index (χ2v) is 4.85. The largest absolute Gasteiger partial charge is 0.508 e. The number of carboxylic acid groups (broad SMARTS) is 1. The van der Waals surface area contributed by atoms with Crippen LogP contribution in [0.2, 0.25) is 0 Å². The molecule has 1 aromatic rings. The van der Waals surface area contributed by atoms with Crippen molar-refractivity contribution in [3.05, 3.63) is 28.8 Å². The van der Waals surface area contributed by atoms with E-state index in [4.69, 9.17) is 5.11 Å². The lowest BCUT2D eigenvalue weighted by Gasteiger charge is -2.19. The summed E-state index contributed by atoms with van der Waals surface area (Å²) < 4.78 is 0. The van der Waals surface area contributed by atoms with Gasteiger partial charge in [-0.1, -0.05) is 6.07 Å². The highest BCUT2D eigenvalue weighted by Crippen LogP contribution is 2.56. The minimum atomic E-state index is -0.796. The van der Waals surface area contributed by atoms with Gasteiger partial charge in [-0.3, -0.25) is 4.79 Å². The summed E-state index contributed by atoms with van der Waals surface area (Å²) in [5.74, 6) is 0.516. The van der Waals surface area contributed by atoms with Crippen LogP contribution in [-0.4, -0.2) is 16.2 Å². The van der Waals surface area contributed by atoms with Gasteiger partial charge in [-0.15, -0.1) is 0 Å². The van der Waals surface area contributed by atoms with Crippen LogP contribution in [0, 0.1) is 0 Å². The van der Waals surface area contributed by atoms with E-state index >= 15 is 0 Å². The van der Waals surface area contributed by atoms with Crippen molar-refractivity contribution in [2.24, 2.45) is 0 Å². The van der Waals surface area contributed by atoms with Crippen LogP contribution >= 0.6 is 0 Å². The van der Waals surface area contributed by atoms with Crippen molar-refractivity contribution in [3.63, 3.8) is 0 Å². The Kier molecular flexibility index (Phi) is 1.96. The van der Waals surface area contributed by atoms with Gasteiger partial charge >= 0.3 is 5.97 Å². The zero-order valence-corrected chi connectivity index (χ0v) is 8.94. The Labute approximate surface area is 93.7 Å². The fourth-order valence-corrected chi connectivity index (χ4v) is 3.40. The van der Waals surface area contributed by atoms with E-state index in [0.29, 0.717) is 17.6 Å². The molecule has 0 amide bonds. The molecule has 0 unspecified atom stereocenters. The van der Waals surface area contributed by atoms with Crippen molar-refractivity contribution in [2.45, 2.75) is 37.5 Å². The summed E-state index contributed by atoms with van der Waals surface area (Å²) in [4.78, 5) is 10.8. The number of fused-ring (bicyclic) bond motifs is 5. The van der Waals surface area contributed by atoms with E-state index in [0.717, 1.165) is 36.0 Å². The fourth-order valence-electron chi connectivity index (χ4n) is 3.40. The van der Waals surface area contributed by atoms with Crippen LogP contribution in [-0.2, 0) is 11.2 Å². The van der Waals surface area contributed by atoms with Crippen molar-refractivity contribution >= 4 is 5.97 Å². The number of phenolic OH excluding ortho intramolecular Hbond substituents is 1. The summed E-state index contributed by atoms with van der Waals surface area (Å²) in [6, 6.07) is 3.42. The molecule has 84 valence electrons. The Bertz CT molecular complexity index is 464. The number of aromatic hydroxyl groups is 1. The van der Waals surface area contributed by atoms with Crippen molar-refractivity contribution in [1.29, 1.82) is 0 Å². The Morgan fingerprint density at radius 3 is 2.62 bits per heavy atom. The lowest BCUT2D eigenvalue weighted by atomic mass is 9.86. The zero-order valence-electron chi connectivity index (χ0n) is 8.94. The second-order valence-electron chi connectivity index (χ2n) is 4.85. The SMILES string of the molecule is O=C(O)Cc1ccc(O)c2c1[C@H]1CC[C@@H]2C1. The highest BCUT2D eigenvalue weighted by Gasteiger charge is 2.40. The van der Waals surface area contributed by atoms with Crippen LogP contribution < -0.4 is 0 Å². The normalized spacial score (nSPS) is 25.8. The van der Waals surface area contributed by atoms with Crippen LogP contribution in [0.25, 0.3) is 0 Å². The molecule has 3 rings (SSSR count). The first-order chi connectivity index (χ1) is 7.66. The Morgan fingerprint density at radius 1 is 1.25 bits per heavy atom. The summed E-state index contributed by atoms with van der Waals surface area (Å²) in [5, 5.41) is 18.7. The fraction of sp³-hybridized carbons (Fsp3) is 0.462. The standard InChI is InChI=1S/C13H14O3/c14-10-4-3-9(6-11(15)16)12-7-1-2-8(5-7)13(10)12/h3-4,7-8,14H,1-2,5-6H2,(H,15,16)/t7-,8+/m0/s1. The molecule has 0 aliphatic heterocycles. The van der Waals surface area contributed by atoms with Crippen molar-refractivity contribution in [1.82, 2.24) is 0 Å². The van der Waals surface area contributed by atoms with E-state index in [-0.39, 0.29) is 6.42 Å². The number of carbonyl (C=O) groups is 1. The molecule has 1 fully saturated rings. The first-order valence-corrected chi connectivity index (χ1v) is 5.73. The van der Waals surface area contributed by atoms with Crippen LogP contribution in [0.3, 0.4) is 0 Å². The van der Waals surface area contributed by atoms with Gasteiger partial charge in [0.2, 0.25) is 0 Å². The van der Waals surface area contributed by atoms with Gasteiger partial charge in [0.05, 0.1) is 6.42 Å². The molecule has 0 saturated heterocycles. The molecule has 2 atom stereocenters. The summed E-state index contributed by atoms with van der Waals surface area (Å²) >= 11 is 0. The van der Waals surface area contributed by atoms with E-state index in [1.165, 1.54) is 0 Å². The van der Waals surface area contributed by atoms with Gasteiger partial charge in [0.25, 0.3) is 0 Å². The van der Waals surface area contributed by atoms with Crippen molar-refractivity contribution in [3.8, 4) is 5.75 Å². The predicted octanol–water partition coefficient (Wildman–Crippen LogP) is 2.38. The number of phenols is 1. The molecular weight excluding hydrogens is 204 g/mol. The topological polar surface area (TPSA) is 57.5 Å². The summed E-state index contributed by atoms with van der Waals surface area (Å²) in [5.41, 5.74) is 3.07. The third kappa shape index (κ3) is 1.24. The van der Waals surface area contributed by atoms with E-state index in [1.807, 2.05) is 0 Å². The molecule has 16 heavy (non-hydrogen) atoms. The molecule has 2 aliphatic rings. The van der Waals surface area contributed by atoms with Crippen LogP contribution in [0.5, 0.6) is 5.75 Å². The van der Waals surface area contributed by atoms with E-state index < -0.39 is 5.97 Å². The molecule has 0 heterocycles. The van der Waals surface area contributed by atoms with Crippen LogP contribution in [0.1, 0.15) is 47.8 Å². The molecule has 2 bridgehead atoms. The molecule has 2 aliphatic carbocycles. The molecule has 0 aromatic heterocycles. The average molecular weight is 218 g/mol. The second kappa shape index (κ2) is 3.24. The van der Waals surface area contributed by atoms with Crippen LogP contribution in [0.15, 0.2) is 12.1 Å². The number of aliphatic carboxylic acids is 1. The van der Waals surface area contributed by atoms with Gasteiger partial charge in [0.1, 0.15) is 5.75 Å². The minimum Gasteiger partial charge on any atom is -0.508 e. The van der Waals surface area contributed by atoms with E-state index in [9.17, 15) is 9.90 Å². The van der Waals surface area contributed by atoms with Gasteiger partial charge < -0.3 is 10.2 Å². The van der Waals surface area contributed by atoms with Gasteiger partial charge in [0, 0.05) is 5.56 Å². The van der Waals surface area contributed by atoms with Gasteiger partial charge in [-0.2, -0.15) is 0 Å². The number of benzene rings is 1. The van der Waals surface area contributed by atoms with Crippen molar-refractivity contribution in [2.75, 3.05) is 0 Å². The first-order valence-electron chi connectivity index (χ1n) is 5.73. The monoisotopic (exact) mass is 218 g/mol. The van der Waals surface area contributed by atoms with Gasteiger partial charge in [-0.05, 0) is 48.3 Å².